The van der Waals surface area contributed by atoms with Gasteiger partial charge in [-0.2, -0.15) is 11.8 Å². The lowest BCUT2D eigenvalue weighted by molar-refractivity contribution is 0.531. The van der Waals surface area contributed by atoms with E-state index in [0.29, 0.717) is 0 Å². The van der Waals surface area contributed by atoms with Gasteiger partial charge in [0.05, 0.1) is 0 Å². The van der Waals surface area contributed by atoms with Gasteiger partial charge in [-0.1, -0.05) is 142 Å². The largest absolute Gasteiger partial charge is 0.162 e. The highest BCUT2D eigenvalue weighted by molar-refractivity contribution is 7.99. The Balaban J connectivity index is 2.95. The molecule has 0 aliphatic rings. The maximum atomic E-state index is 2.30. The van der Waals surface area contributed by atoms with Gasteiger partial charge in [0.25, 0.3) is 0 Å². The van der Waals surface area contributed by atoms with Crippen molar-refractivity contribution in [3.63, 3.8) is 0 Å². The van der Waals surface area contributed by atoms with Crippen molar-refractivity contribution in [2.45, 2.75) is 155 Å². The van der Waals surface area contributed by atoms with E-state index in [1.165, 1.54) is 153 Å². The van der Waals surface area contributed by atoms with Gasteiger partial charge in [-0.15, -0.1) is 0 Å². The number of unbranched alkanes of at least 4 members (excludes halogenated alkanes) is 20. The molecule has 0 atom stereocenters. The van der Waals surface area contributed by atoms with Crippen molar-refractivity contribution in [1.29, 1.82) is 0 Å². The van der Waals surface area contributed by atoms with Crippen LogP contribution in [-0.2, 0) is 0 Å². The highest BCUT2D eigenvalue weighted by Gasteiger charge is 1.95. The highest BCUT2D eigenvalue weighted by atomic mass is 32.2. The molecule has 0 aromatic rings. The molecule has 0 aromatic carbocycles. The predicted molar refractivity (Wildman–Crippen MR) is 130 cm³/mol. The van der Waals surface area contributed by atoms with Gasteiger partial charge in [0, 0.05) is 0 Å². The van der Waals surface area contributed by atoms with Crippen LogP contribution in [-0.4, -0.2) is 11.5 Å². The van der Waals surface area contributed by atoms with Crippen molar-refractivity contribution >= 4 is 11.8 Å². The smallest absolute Gasteiger partial charge is 0.00675 e. The molecule has 0 radical (unpaired) electrons. The highest BCUT2D eigenvalue weighted by Crippen LogP contribution is 2.15. The summed E-state index contributed by atoms with van der Waals surface area (Å²) in [7, 11) is 0. The first kappa shape index (κ1) is 27.4. The first-order chi connectivity index (χ1) is 13.4. The van der Waals surface area contributed by atoms with Crippen LogP contribution in [0.5, 0.6) is 0 Å². The topological polar surface area (TPSA) is 0 Å². The SMILES string of the molecule is CCCCCCCCCCCCCCCCCCSCCCCCCCC. The van der Waals surface area contributed by atoms with E-state index in [1.807, 2.05) is 0 Å². The zero-order chi connectivity index (χ0) is 19.7. The molecule has 0 heterocycles. The Hall–Kier alpha value is 0.350. The van der Waals surface area contributed by atoms with Crippen LogP contribution in [0.3, 0.4) is 0 Å². The molecule has 164 valence electrons. The maximum Gasteiger partial charge on any atom is -0.00675 e. The Kier molecular flexibility index (Phi) is 26.7. The molecule has 0 aromatic heterocycles. The Morgan fingerprint density at radius 3 is 0.778 bits per heavy atom. The van der Waals surface area contributed by atoms with Crippen molar-refractivity contribution in [3.05, 3.63) is 0 Å². The van der Waals surface area contributed by atoms with Crippen molar-refractivity contribution in [2.75, 3.05) is 11.5 Å². The molecule has 0 saturated carbocycles. The van der Waals surface area contributed by atoms with Crippen LogP contribution in [0, 0.1) is 0 Å². The van der Waals surface area contributed by atoms with Crippen LogP contribution in [0.15, 0.2) is 0 Å². The number of hydrogen-bond donors (Lipinski definition) is 0. The summed E-state index contributed by atoms with van der Waals surface area (Å²) >= 11 is 2.20. The molecule has 0 saturated heterocycles. The van der Waals surface area contributed by atoms with Gasteiger partial charge in [0.1, 0.15) is 0 Å². The van der Waals surface area contributed by atoms with Crippen molar-refractivity contribution in [2.24, 2.45) is 0 Å². The lowest BCUT2D eigenvalue weighted by Gasteiger charge is -2.04. The third-order valence-corrected chi connectivity index (χ3v) is 6.94. The van der Waals surface area contributed by atoms with Crippen LogP contribution >= 0.6 is 11.8 Å². The molecule has 0 fully saturated rings. The standard InChI is InChI=1S/C26H54S/c1-3-5-7-9-11-12-13-14-15-16-17-18-19-20-22-24-26-27-25-23-21-10-8-6-4-2/h3-26H2,1-2H3. The fourth-order valence-electron chi connectivity index (χ4n) is 3.84. The fourth-order valence-corrected chi connectivity index (χ4v) is 4.86. The molecule has 0 unspecified atom stereocenters. The van der Waals surface area contributed by atoms with E-state index < -0.39 is 0 Å². The molecule has 0 aliphatic heterocycles. The predicted octanol–water partition coefficient (Wildman–Crippen LogP) is 10.3. The Morgan fingerprint density at radius 2 is 0.519 bits per heavy atom. The number of thioether (sulfide) groups is 1. The van der Waals surface area contributed by atoms with E-state index >= 15 is 0 Å². The molecule has 0 N–H and O–H groups in total. The van der Waals surface area contributed by atoms with Gasteiger partial charge in [-0.05, 0) is 24.3 Å². The minimum Gasteiger partial charge on any atom is -0.162 e. The number of hydrogen-bond acceptors (Lipinski definition) is 1. The quantitative estimate of drug-likeness (QED) is 0.146. The summed E-state index contributed by atoms with van der Waals surface area (Å²) in [5.74, 6) is 2.82. The maximum absolute atomic E-state index is 2.30. The first-order valence-corrected chi connectivity index (χ1v) is 14.1. The Labute approximate surface area is 178 Å². The van der Waals surface area contributed by atoms with Gasteiger partial charge < -0.3 is 0 Å². The summed E-state index contributed by atoms with van der Waals surface area (Å²) in [4.78, 5) is 0. The zero-order valence-corrected chi connectivity index (χ0v) is 20.2. The molecule has 0 rings (SSSR count). The van der Waals surface area contributed by atoms with E-state index in [4.69, 9.17) is 0 Å². The minimum absolute atomic E-state index is 1.37. The van der Waals surface area contributed by atoms with Crippen LogP contribution in [0.4, 0.5) is 0 Å². The van der Waals surface area contributed by atoms with E-state index in [2.05, 4.69) is 25.6 Å². The van der Waals surface area contributed by atoms with E-state index in [-0.39, 0.29) is 0 Å². The fraction of sp³-hybridized carbons (Fsp3) is 1.00. The van der Waals surface area contributed by atoms with Gasteiger partial charge in [0.15, 0.2) is 0 Å². The molecular weight excluding hydrogens is 344 g/mol. The van der Waals surface area contributed by atoms with Crippen LogP contribution in [0.2, 0.25) is 0 Å². The molecule has 1 heteroatoms. The van der Waals surface area contributed by atoms with E-state index in [9.17, 15) is 0 Å². The molecule has 0 aliphatic carbocycles. The van der Waals surface area contributed by atoms with Gasteiger partial charge in [-0.25, -0.2) is 0 Å². The average Bonchev–Trinajstić information content (AvgIpc) is 2.68. The zero-order valence-electron chi connectivity index (χ0n) is 19.4. The van der Waals surface area contributed by atoms with E-state index in [0.717, 1.165) is 0 Å². The summed E-state index contributed by atoms with van der Waals surface area (Å²) < 4.78 is 0. The third kappa shape index (κ3) is 26.4. The van der Waals surface area contributed by atoms with Gasteiger partial charge in [-0.3, -0.25) is 0 Å². The summed E-state index contributed by atoms with van der Waals surface area (Å²) in [6.07, 6.45) is 32.2. The summed E-state index contributed by atoms with van der Waals surface area (Å²) in [5, 5.41) is 0. The van der Waals surface area contributed by atoms with Crippen molar-refractivity contribution in [1.82, 2.24) is 0 Å². The van der Waals surface area contributed by atoms with Crippen LogP contribution in [0.1, 0.15) is 155 Å². The second-order valence-electron chi connectivity index (χ2n) is 8.68. The number of rotatable bonds is 24. The minimum atomic E-state index is 1.37. The lowest BCUT2D eigenvalue weighted by Crippen LogP contribution is -1.87. The molecule has 27 heavy (non-hydrogen) atoms. The molecular formula is C26H54S. The van der Waals surface area contributed by atoms with Crippen molar-refractivity contribution < 1.29 is 0 Å². The van der Waals surface area contributed by atoms with Gasteiger partial charge in [0.2, 0.25) is 0 Å². The lowest BCUT2D eigenvalue weighted by atomic mass is 10.0. The normalized spacial score (nSPS) is 11.3. The summed E-state index contributed by atoms with van der Waals surface area (Å²) in [6.45, 7) is 4.60. The second kappa shape index (κ2) is 26.4. The third-order valence-electron chi connectivity index (χ3n) is 5.78. The Bertz CT molecular complexity index is 214. The Morgan fingerprint density at radius 1 is 0.296 bits per heavy atom. The molecule has 0 bridgehead atoms. The summed E-state index contributed by atoms with van der Waals surface area (Å²) in [6, 6.07) is 0. The summed E-state index contributed by atoms with van der Waals surface area (Å²) in [5.41, 5.74) is 0. The van der Waals surface area contributed by atoms with E-state index in [1.54, 1.807) is 0 Å². The van der Waals surface area contributed by atoms with Crippen LogP contribution < -0.4 is 0 Å². The monoisotopic (exact) mass is 398 g/mol. The van der Waals surface area contributed by atoms with Gasteiger partial charge >= 0.3 is 0 Å². The van der Waals surface area contributed by atoms with Crippen molar-refractivity contribution in [3.8, 4) is 0 Å². The molecule has 0 amide bonds. The molecule has 0 spiro atoms. The average molecular weight is 399 g/mol. The molecule has 0 nitrogen and oxygen atoms in total. The first-order valence-electron chi connectivity index (χ1n) is 13.0. The van der Waals surface area contributed by atoms with Crippen LogP contribution in [0.25, 0.3) is 0 Å². The second-order valence-corrected chi connectivity index (χ2v) is 9.91.